The number of rotatable bonds is 5. The number of hydrogen-bond acceptors (Lipinski definition) is 4. The van der Waals surface area contributed by atoms with E-state index in [1.54, 1.807) is 0 Å². The van der Waals surface area contributed by atoms with Crippen molar-refractivity contribution in [2.75, 3.05) is 19.6 Å². The number of aromatic nitrogens is 2. The third-order valence-electron chi connectivity index (χ3n) is 5.49. The molecule has 2 aliphatic heterocycles. The van der Waals surface area contributed by atoms with E-state index in [0.29, 0.717) is 0 Å². The smallest absolute Gasteiger partial charge is 0.399 e. The number of aryl methyl sites for hydroxylation is 1. The fourth-order valence-electron chi connectivity index (χ4n) is 3.24. The Hall–Kier alpha value is -0.845. The van der Waals surface area contributed by atoms with Gasteiger partial charge in [-0.15, -0.1) is 0 Å². The van der Waals surface area contributed by atoms with Gasteiger partial charge in [0.05, 0.1) is 11.2 Å². The summed E-state index contributed by atoms with van der Waals surface area (Å²) in [6, 6.07) is 0. The summed E-state index contributed by atoms with van der Waals surface area (Å²) in [4.78, 5) is 2.57. The van der Waals surface area contributed by atoms with Crippen LogP contribution >= 0.6 is 0 Å². The zero-order valence-electron chi connectivity index (χ0n) is 15.0. The second-order valence-electron chi connectivity index (χ2n) is 7.88. The Morgan fingerprint density at radius 1 is 1.04 bits per heavy atom. The molecule has 3 rings (SSSR count). The summed E-state index contributed by atoms with van der Waals surface area (Å²) in [5.41, 5.74) is 0.420. The van der Waals surface area contributed by atoms with Crippen molar-refractivity contribution in [1.82, 2.24) is 14.7 Å². The first-order valence-corrected chi connectivity index (χ1v) is 8.98. The van der Waals surface area contributed by atoms with E-state index in [2.05, 4.69) is 43.9 Å². The summed E-state index contributed by atoms with van der Waals surface area (Å²) in [6.45, 7) is 13.0. The average molecular weight is 319 g/mol. The summed E-state index contributed by atoms with van der Waals surface area (Å²) in [5.74, 6) is 0. The molecule has 2 aliphatic rings. The van der Waals surface area contributed by atoms with E-state index in [0.717, 1.165) is 18.4 Å². The highest BCUT2D eigenvalue weighted by molar-refractivity contribution is 6.61. The van der Waals surface area contributed by atoms with Gasteiger partial charge in [0, 0.05) is 24.4 Å². The molecular formula is C17H30BN3O2. The van der Waals surface area contributed by atoms with E-state index in [4.69, 9.17) is 9.31 Å². The summed E-state index contributed by atoms with van der Waals surface area (Å²) in [7, 11) is -0.309. The Morgan fingerprint density at radius 3 is 2.35 bits per heavy atom. The highest BCUT2D eigenvalue weighted by Crippen LogP contribution is 2.36. The quantitative estimate of drug-likeness (QED) is 0.779. The Balaban J connectivity index is 1.50. The lowest BCUT2D eigenvalue weighted by Crippen LogP contribution is -2.41. The molecular weight excluding hydrogens is 289 g/mol. The van der Waals surface area contributed by atoms with Gasteiger partial charge in [-0.1, -0.05) is 6.42 Å². The van der Waals surface area contributed by atoms with Crippen LogP contribution in [0.1, 0.15) is 53.4 Å². The third kappa shape index (κ3) is 3.81. The summed E-state index contributed by atoms with van der Waals surface area (Å²) >= 11 is 0. The van der Waals surface area contributed by atoms with Crippen molar-refractivity contribution in [3.8, 4) is 0 Å². The van der Waals surface area contributed by atoms with E-state index >= 15 is 0 Å². The van der Waals surface area contributed by atoms with Crippen LogP contribution in [0.15, 0.2) is 12.4 Å². The molecule has 0 aromatic carbocycles. The molecule has 23 heavy (non-hydrogen) atoms. The predicted molar refractivity (Wildman–Crippen MR) is 92.9 cm³/mol. The van der Waals surface area contributed by atoms with Crippen LogP contribution < -0.4 is 5.46 Å². The van der Waals surface area contributed by atoms with Crippen LogP contribution in [0.2, 0.25) is 0 Å². The van der Waals surface area contributed by atoms with Crippen LogP contribution in [0, 0.1) is 0 Å². The minimum Gasteiger partial charge on any atom is -0.399 e. The fourth-order valence-corrected chi connectivity index (χ4v) is 3.24. The molecule has 0 N–H and O–H groups in total. The second-order valence-corrected chi connectivity index (χ2v) is 7.88. The minimum absolute atomic E-state index is 0.298. The van der Waals surface area contributed by atoms with Gasteiger partial charge in [-0.25, -0.2) is 0 Å². The molecule has 0 atom stereocenters. The molecule has 0 bridgehead atoms. The third-order valence-corrected chi connectivity index (χ3v) is 5.49. The van der Waals surface area contributed by atoms with Gasteiger partial charge in [-0.2, -0.15) is 5.10 Å². The van der Waals surface area contributed by atoms with Gasteiger partial charge in [-0.3, -0.25) is 4.68 Å². The van der Waals surface area contributed by atoms with Crippen LogP contribution in [0.3, 0.4) is 0 Å². The Morgan fingerprint density at radius 2 is 1.70 bits per heavy atom. The van der Waals surface area contributed by atoms with Crippen molar-refractivity contribution in [3.63, 3.8) is 0 Å². The molecule has 128 valence electrons. The highest BCUT2D eigenvalue weighted by atomic mass is 16.7. The maximum atomic E-state index is 6.08. The van der Waals surface area contributed by atoms with Gasteiger partial charge in [-0.05, 0) is 66.6 Å². The first-order chi connectivity index (χ1) is 10.9. The Bertz CT molecular complexity index is 508. The van der Waals surface area contributed by atoms with E-state index in [9.17, 15) is 0 Å². The first-order valence-electron chi connectivity index (χ1n) is 8.98. The molecule has 0 saturated carbocycles. The van der Waals surface area contributed by atoms with Crippen molar-refractivity contribution in [2.24, 2.45) is 0 Å². The van der Waals surface area contributed by atoms with Gasteiger partial charge in [0.2, 0.25) is 0 Å². The maximum absolute atomic E-state index is 6.08. The molecule has 1 aromatic rings. The fraction of sp³-hybridized carbons (Fsp3) is 0.824. The standard InChI is InChI=1S/C17H30BN3O2/c1-16(2)17(3,4)23-18(22-16)15-13-19-21(14-15)12-8-11-20-9-6-5-7-10-20/h13-14H,5-12H2,1-4H3. The Labute approximate surface area is 140 Å². The summed E-state index contributed by atoms with van der Waals surface area (Å²) < 4.78 is 14.2. The molecule has 2 saturated heterocycles. The zero-order valence-corrected chi connectivity index (χ0v) is 15.0. The van der Waals surface area contributed by atoms with Crippen LogP contribution in [0.5, 0.6) is 0 Å². The SMILES string of the molecule is CC1(C)OB(c2cnn(CCCN3CCCCC3)c2)OC1(C)C. The van der Waals surface area contributed by atoms with Crippen LogP contribution in [-0.2, 0) is 15.9 Å². The monoisotopic (exact) mass is 319 g/mol. The maximum Gasteiger partial charge on any atom is 0.498 e. The van der Waals surface area contributed by atoms with Crippen molar-refractivity contribution in [3.05, 3.63) is 12.4 Å². The van der Waals surface area contributed by atoms with E-state index in [1.807, 2.05) is 10.9 Å². The van der Waals surface area contributed by atoms with Crippen LogP contribution in [0.25, 0.3) is 0 Å². The molecule has 0 amide bonds. The van der Waals surface area contributed by atoms with Crippen molar-refractivity contribution in [2.45, 2.75) is 71.1 Å². The number of nitrogens with zero attached hydrogens (tertiary/aromatic N) is 3. The summed E-state index contributed by atoms with van der Waals surface area (Å²) in [5, 5.41) is 4.48. The van der Waals surface area contributed by atoms with Gasteiger partial charge in [0.1, 0.15) is 0 Å². The molecule has 0 spiro atoms. The summed E-state index contributed by atoms with van der Waals surface area (Å²) in [6.07, 6.45) is 9.20. The molecule has 6 heteroatoms. The van der Waals surface area contributed by atoms with E-state index in [-0.39, 0.29) is 18.3 Å². The number of hydrogen-bond donors (Lipinski definition) is 0. The lowest BCUT2D eigenvalue weighted by atomic mass is 9.82. The average Bonchev–Trinajstić information content (AvgIpc) is 3.03. The number of piperidine rings is 1. The van der Waals surface area contributed by atoms with Gasteiger partial charge >= 0.3 is 7.12 Å². The second kappa shape index (κ2) is 6.57. The molecule has 0 aliphatic carbocycles. The largest absolute Gasteiger partial charge is 0.498 e. The molecule has 1 aromatic heterocycles. The van der Waals surface area contributed by atoms with E-state index in [1.165, 1.54) is 38.9 Å². The molecule has 0 unspecified atom stereocenters. The first kappa shape index (κ1) is 17.0. The predicted octanol–water partition coefficient (Wildman–Crippen LogP) is 2.06. The lowest BCUT2D eigenvalue weighted by molar-refractivity contribution is 0.00578. The van der Waals surface area contributed by atoms with Crippen LogP contribution in [-0.4, -0.2) is 52.6 Å². The van der Waals surface area contributed by atoms with Crippen molar-refractivity contribution < 1.29 is 9.31 Å². The molecule has 2 fully saturated rings. The highest BCUT2D eigenvalue weighted by Gasteiger charge is 2.52. The molecule has 3 heterocycles. The lowest BCUT2D eigenvalue weighted by Gasteiger charge is -2.32. The van der Waals surface area contributed by atoms with E-state index < -0.39 is 0 Å². The van der Waals surface area contributed by atoms with Gasteiger partial charge in [0.15, 0.2) is 0 Å². The minimum atomic E-state index is -0.309. The topological polar surface area (TPSA) is 39.5 Å². The number of likely N-dealkylation sites (tertiary alicyclic amines) is 1. The zero-order chi connectivity index (χ0) is 16.5. The van der Waals surface area contributed by atoms with Crippen LogP contribution in [0.4, 0.5) is 0 Å². The Kier molecular flexibility index (Phi) is 4.86. The van der Waals surface area contributed by atoms with Crippen molar-refractivity contribution in [1.29, 1.82) is 0 Å². The molecule has 5 nitrogen and oxygen atoms in total. The van der Waals surface area contributed by atoms with Crippen molar-refractivity contribution >= 4 is 12.6 Å². The molecule has 0 radical (unpaired) electrons. The normalized spacial score (nSPS) is 24.3. The van der Waals surface area contributed by atoms with Gasteiger partial charge in [0.25, 0.3) is 0 Å². The van der Waals surface area contributed by atoms with Gasteiger partial charge < -0.3 is 14.2 Å².